The molecule has 1 saturated heterocycles. The Morgan fingerprint density at radius 3 is 2.50 bits per heavy atom. The van der Waals surface area contributed by atoms with Gasteiger partial charge < -0.3 is 21.1 Å². The van der Waals surface area contributed by atoms with Crippen LogP contribution < -0.4 is 21.1 Å². The second-order valence-corrected chi connectivity index (χ2v) is 11.4. The van der Waals surface area contributed by atoms with E-state index in [9.17, 15) is 9.18 Å². The first-order valence-electron chi connectivity index (χ1n) is 14.4. The molecule has 0 radical (unpaired) electrons. The molecule has 7 nitrogen and oxygen atoms in total. The van der Waals surface area contributed by atoms with Crippen molar-refractivity contribution in [1.82, 2.24) is 20.5 Å². The number of amides is 1. The predicted molar refractivity (Wildman–Crippen MR) is 156 cm³/mol. The van der Waals surface area contributed by atoms with Gasteiger partial charge in [-0.05, 0) is 80.8 Å². The molecule has 8 heteroatoms. The molecule has 40 heavy (non-hydrogen) atoms. The molecular formula is C32H40FN5O2. The highest BCUT2D eigenvalue weighted by molar-refractivity contribution is 5.96. The Bertz CT molecular complexity index is 1280. The Labute approximate surface area is 236 Å². The smallest absolute Gasteiger partial charge is 0.257 e. The van der Waals surface area contributed by atoms with Gasteiger partial charge in [-0.1, -0.05) is 36.4 Å². The summed E-state index contributed by atoms with van der Waals surface area (Å²) in [5, 5.41) is 6.59. The highest BCUT2D eigenvalue weighted by Crippen LogP contribution is 2.29. The Morgan fingerprint density at radius 2 is 1.77 bits per heavy atom. The highest BCUT2D eigenvalue weighted by atomic mass is 19.1. The summed E-state index contributed by atoms with van der Waals surface area (Å²) in [6.07, 6.45) is 5.41. The molecule has 2 aromatic carbocycles. The normalized spacial score (nSPS) is 23.5. The first-order valence-corrected chi connectivity index (χ1v) is 14.4. The molecule has 2 fully saturated rings. The van der Waals surface area contributed by atoms with Crippen molar-refractivity contribution < 1.29 is 13.9 Å². The summed E-state index contributed by atoms with van der Waals surface area (Å²) in [6.45, 7) is 7.69. The van der Waals surface area contributed by atoms with E-state index in [0.29, 0.717) is 17.8 Å². The summed E-state index contributed by atoms with van der Waals surface area (Å²) in [7, 11) is 0. The fourth-order valence-electron chi connectivity index (χ4n) is 5.82. The molecule has 3 aromatic rings. The molecule has 0 bridgehead atoms. The number of nitrogens with zero attached hydrogens (tertiary/aromatic N) is 2. The Hall–Kier alpha value is -3.33. The maximum atomic E-state index is 14.1. The summed E-state index contributed by atoms with van der Waals surface area (Å²) in [5.41, 5.74) is 9.43. The maximum Gasteiger partial charge on any atom is 0.257 e. The van der Waals surface area contributed by atoms with E-state index in [1.54, 1.807) is 0 Å². The lowest BCUT2D eigenvalue weighted by molar-refractivity contribution is 0.0922. The quantitative estimate of drug-likeness (QED) is 0.373. The van der Waals surface area contributed by atoms with E-state index in [1.807, 2.05) is 24.3 Å². The zero-order valence-electron chi connectivity index (χ0n) is 23.4. The fourth-order valence-corrected chi connectivity index (χ4v) is 5.82. The number of pyridine rings is 1. The van der Waals surface area contributed by atoms with Crippen molar-refractivity contribution in [2.45, 2.75) is 70.1 Å². The summed E-state index contributed by atoms with van der Waals surface area (Å²) in [4.78, 5) is 19.7. The molecule has 0 spiro atoms. The molecular weight excluding hydrogens is 505 g/mol. The van der Waals surface area contributed by atoms with E-state index in [0.717, 1.165) is 69.1 Å². The number of ether oxygens (including phenoxy) is 1. The maximum absolute atomic E-state index is 14.1. The van der Waals surface area contributed by atoms with Gasteiger partial charge in [-0.3, -0.25) is 9.69 Å². The Morgan fingerprint density at radius 1 is 1.05 bits per heavy atom. The van der Waals surface area contributed by atoms with Crippen molar-refractivity contribution in [1.29, 1.82) is 0 Å². The van der Waals surface area contributed by atoms with Gasteiger partial charge in [0.25, 0.3) is 5.91 Å². The van der Waals surface area contributed by atoms with Crippen LogP contribution in [0.15, 0.2) is 60.8 Å². The molecule has 1 amide bonds. The average Bonchev–Trinajstić information content (AvgIpc) is 2.94. The van der Waals surface area contributed by atoms with Crippen LogP contribution in [0.25, 0.3) is 11.1 Å². The number of hydrogen-bond acceptors (Lipinski definition) is 6. The zero-order chi connectivity index (χ0) is 28.1. The molecule has 1 aliphatic heterocycles. The van der Waals surface area contributed by atoms with E-state index < -0.39 is 5.82 Å². The van der Waals surface area contributed by atoms with Gasteiger partial charge in [-0.15, -0.1) is 0 Å². The summed E-state index contributed by atoms with van der Waals surface area (Å²) < 4.78 is 20.1. The molecule has 2 aliphatic rings. The average molecular weight is 546 g/mol. The van der Waals surface area contributed by atoms with E-state index >= 15 is 0 Å². The van der Waals surface area contributed by atoms with E-state index in [-0.39, 0.29) is 29.4 Å². The molecule has 212 valence electrons. The van der Waals surface area contributed by atoms with Crippen LogP contribution >= 0.6 is 0 Å². The fraction of sp³-hybridized carbons (Fsp3) is 0.438. The van der Waals surface area contributed by atoms with Crippen LogP contribution in [0.2, 0.25) is 0 Å². The van der Waals surface area contributed by atoms with E-state index in [2.05, 4.69) is 58.6 Å². The van der Waals surface area contributed by atoms with Crippen LogP contribution in [0.5, 0.6) is 11.6 Å². The van der Waals surface area contributed by atoms with Crippen molar-refractivity contribution in [2.75, 3.05) is 19.6 Å². The van der Waals surface area contributed by atoms with E-state index in [4.69, 9.17) is 10.5 Å². The minimum absolute atomic E-state index is 0.0127. The van der Waals surface area contributed by atoms with Crippen LogP contribution in [-0.4, -0.2) is 59.6 Å². The van der Waals surface area contributed by atoms with Crippen LogP contribution in [-0.2, 0) is 6.42 Å². The molecule has 1 aromatic heterocycles. The monoisotopic (exact) mass is 545 g/mol. The minimum atomic E-state index is -0.585. The number of nitrogens with two attached hydrogens (primary N) is 1. The van der Waals surface area contributed by atoms with Crippen molar-refractivity contribution in [3.8, 4) is 22.8 Å². The van der Waals surface area contributed by atoms with Crippen LogP contribution in [0, 0.1) is 5.82 Å². The van der Waals surface area contributed by atoms with E-state index in [1.165, 1.54) is 11.6 Å². The van der Waals surface area contributed by atoms with Crippen molar-refractivity contribution in [3.05, 3.63) is 77.7 Å². The number of carbonyl (C=O) groups is 1. The lowest BCUT2D eigenvalue weighted by atomic mass is 9.91. The van der Waals surface area contributed by atoms with Gasteiger partial charge in [0.1, 0.15) is 17.1 Å². The molecule has 1 saturated carbocycles. The number of hydrogen-bond donors (Lipinski definition) is 3. The van der Waals surface area contributed by atoms with Crippen LogP contribution in [0.4, 0.5) is 4.39 Å². The van der Waals surface area contributed by atoms with Gasteiger partial charge >= 0.3 is 0 Å². The van der Waals surface area contributed by atoms with Gasteiger partial charge in [-0.25, -0.2) is 9.37 Å². The second kappa shape index (κ2) is 12.9. The lowest BCUT2D eigenvalue weighted by Gasteiger charge is -2.36. The second-order valence-electron chi connectivity index (χ2n) is 11.4. The molecule has 2 heterocycles. The predicted octanol–water partition coefficient (Wildman–Crippen LogP) is 4.90. The number of benzene rings is 2. The van der Waals surface area contributed by atoms with Gasteiger partial charge in [0.2, 0.25) is 5.88 Å². The summed E-state index contributed by atoms with van der Waals surface area (Å²) >= 11 is 0. The SMILES string of the molecule is C[C@@H]1CN(CCc2ccc(-c3cccc(Oc4ncc(F)cc4C(=O)NC4CCC(N)CC4)c3)cc2)C[C@H](C)N1. The van der Waals surface area contributed by atoms with Crippen LogP contribution in [0.1, 0.15) is 55.5 Å². The number of piperazine rings is 1. The summed E-state index contributed by atoms with van der Waals surface area (Å²) in [5.74, 6) is -0.368. The number of aromatic nitrogens is 1. The molecule has 0 unspecified atom stereocenters. The Kier molecular flexibility index (Phi) is 9.09. The summed E-state index contributed by atoms with van der Waals surface area (Å²) in [6, 6.07) is 18.7. The zero-order valence-corrected chi connectivity index (χ0v) is 23.4. The largest absolute Gasteiger partial charge is 0.438 e. The number of halogens is 1. The standard InChI is InChI=1S/C32H40FN5O2/c1-21-19-38(20-22(2)36-21)15-14-23-6-8-24(9-7-23)25-4-3-5-29(16-25)40-32-30(17-26(33)18-35-32)31(39)37-28-12-10-27(34)11-13-28/h3-9,16-18,21-22,27-28,36H,10-15,19-20,34H2,1-2H3,(H,37,39)/t21-,22+,27?,28?. The van der Waals surface area contributed by atoms with Gasteiger partial charge in [0.05, 0.1) is 6.20 Å². The van der Waals surface area contributed by atoms with Gasteiger partial charge in [0, 0.05) is 43.8 Å². The number of carbonyl (C=O) groups excluding carboxylic acids is 1. The molecule has 1 aliphatic carbocycles. The van der Waals surface area contributed by atoms with Crippen molar-refractivity contribution >= 4 is 5.91 Å². The number of rotatable bonds is 8. The first-order chi connectivity index (χ1) is 19.3. The molecule has 2 atom stereocenters. The topological polar surface area (TPSA) is 92.5 Å². The molecule has 4 N–H and O–H groups in total. The third kappa shape index (κ3) is 7.44. The number of nitrogens with one attached hydrogen (secondary N) is 2. The van der Waals surface area contributed by atoms with Crippen molar-refractivity contribution in [3.63, 3.8) is 0 Å². The first kappa shape index (κ1) is 28.2. The molecule has 5 rings (SSSR count). The highest BCUT2D eigenvalue weighted by Gasteiger charge is 2.24. The van der Waals surface area contributed by atoms with Crippen molar-refractivity contribution in [2.24, 2.45) is 5.73 Å². The van der Waals surface area contributed by atoms with Gasteiger partial charge in [-0.2, -0.15) is 0 Å². The third-order valence-corrected chi connectivity index (χ3v) is 7.86. The lowest BCUT2D eigenvalue weighted by Crippen LogP contribution is -2.54. The van der Waals surface area contributed by atoms with Gasteiger partial charge in [0.15, 0.2) is 0 Å². The third-order valence-electron chi connectivity index (χ3n) is 7.86. The minimum Gasteiger partial charge on any atom is -0.438 e. The van der Waals surface area contributed by atoms with Crippen LogP contribution in [0.3, 0.4) is 0 Å². The Balaban J connectivity index is 1.24.